The first-order valence-electron chi connectivity index (χ1n) is 3.97. The van der Waals surface area contributed by atoms with Crippen molar-refractivity contribution in [1.82, 2.24) is 0 Å². The quantitative estimate of drug-likeness (QED) is 0.635. The van der Waals surface area contributed by atoms with Crippen LogP contribution in [0.5, 0.6) is 0 Å². The Morgan fingerprint density at radius 1 is 1.33 bits per heavy atom. The van der Waals surface area contributed by atoms with E-state index >= 15 is 0 Å². The second-order valence-corrected chi connectivity index (χ2v) is 4.60. The highest BCUT2D eigenvalue weighted by Gasteiger charge is 2.14. The first-order chi connectivity index (χ1) is 6.89. The molecule has 7 heteroatoms. The molecule has 0 atom stereocenters. The summed E-state index contributed by atoms with van der Waals surface area (Å²) in [6.07, 6.45) is 0. The maximum atomic E-state index is 11.2. The van der Waals surface area contributed by atoms with E-state index in [4.69, 9.17) is 10.8 Å². The predicted octanol–water partition coefficient (Wildman–Crippen LogP) is 0.0951. The molecule has 0 saturated heterocycles. The Morgan fingerprint density at radius 3 is 2.33 bits per heavy atom. The van der Waals surface area contributed by atoms with Gasteiger partial charge in [0.15, 0.2) is 5.75 Å². The minimum Gasteiger partial charge on any atom is -0.480 e. The summed E-state index contributed by atoms with van der Waals surface area (Å²) >= 11 is 0. The number of aliphatic carboxylic acids is 1. The van der Waals surface area contributed by atoms with Crippen LogP contribution >= 0.6 is 0 Å². The number of sulfonamides is 1. The number of carboxylic acid groups (broad SMARTS) is 1. The third-order valence-electron chi connectivity index (χ3n) is 1.50. The van der Waals surface area contributed by atoms with Gasteiger partial charge in [-0.3, -0.25) is 9.52 Å². The molecule has 0 aliphatic heterocycles. The molecule has 0 saturated carbocycles. The number of carboxylic acids is 1. The molecule has 0 fully saturated rings. The summed E-state index contributed by atoms with van der Waals surface area (Å²) in [5.74, 6) is -2.37. The second-order valence-electron chi connectivity index (χ2n) is 2.88. The van der Waals surface area contributed by atoms with Crippen LogP contribution in [0.1, 0.15) is 0 Å². The Hall–Kier alpha value is -1.76. The van der Waals surface area contributed by atoms with Crippen molar-refractivity contribution in [3.8, 4) is 0 Å². The van der Waals surface area contributed by atoms with E-state index in [-0.39, 0.29) is 5.69 Å². The number of hydrogen-bond acceptors (Lipinski definition) is 4. The van der Waals surface area contributed by atoms with E-state index < -0.39 is 21.7 Å². The molecule has 0 heterocycles. The van der Waals surface area contributed by atoms with Gasteiger partial charge in [0.2, 0.25) is 10.0 Å². The summed E-state index contributed by atoms with van der Waals surface area (Å²) in [6, 6.07) is 5.93. The van der Waals surface area contributed by atoms with E-state index in [9.17, 15) is 13.2 Å². The molecule has 1 aromatic rings. The molecule has 0 spiro atoms. The number of carbonyl (C=O) groups is 1. The molecule has 0 amide bonds. The smallest absolute Gasteiger partial charge is 0.320 e. The second kappa shape index (κ2) is 4.18. The van der Waals surface area contributed by atoms with E-state index in [2.05, 4.69) is 4.72 Å². The Kier molecular flexibility index (Phi) is 3.15. The summed E-state index contributed by atoms with van der Waals surface area (Å²) in [6.45, 7) is 0. The minimum absolute atomic E-state index is 0.283. The minimum atomic E-state index is -3.84. The third-order valence-corrected chi connectivity index (χ3v) is 2.67. The van der Waals surface area contributed by atoms with Crippen molar-refractivity contribution in [3.05, 3.63) is 24.3 Å². The van der Waals surface area contributed by atoms with E-state index in [1.807, 2.05) is 0 Å². The van der Waals surface area contributed by atoms with Gasteiger partial charge in [0.25, 0.3) is 0 Å². The lowest BCUT2D eigenvalue weighted by Gasteiger charge is -2.05. The molecular weight excluding hydrogens is 220 g/mol. The Labute approximate surface area is 86.8 Å². The molecule has 0 aromatic heterocycles. The van der Waals surface area contributed by atoms with Gasteiger partial charge in [0.1, 0.15) is 0 Å². The lowest BCUT2D eigenvalue weighted by Crippen LogP contribution is -2.22. The van der Waals surface area contributed by atoms with Crippen LogP contribution in [-0.2, 0) is 14.8 Å². The maximum absolute atomic E-state index is 11.2. The van der Waals surface area contributed by atoms with Gasteiger partial charge in [-0.1, -0.05) is 0 Å². The van der Waals surface area contributed by atoms with Crippen molar-refractivity contribution < 1.29 is 18.3 Å². The topological polar surface area (TPSA) is 109 Å². The number of anilines is 2. The van der Waals surface area contributed by atoms with E-state index in [0.29, 0.717) is 5.69 Å². The standard InChI is InChI=1S/C8H10N2O4S/c9-6-1-3-7(4-2-6)10-15(13,14)5-8(11)12/h1-4,10H,5,9H2,(H,11,12). The number of nitrogen functional groups attached to an aromatic ring is 1. The first-order valence-corrected chi connectivity index (χ1v) is 5.62. The van der Waals surface area contributed by atoms with Gasteiger partial charge in [0, 0.05) is 11.4 Å². The van der Waals surface area contributed by atoms with Crippen LogP contribution in [0.25, 0.3) is 0 Å². The summed E-state index contributed by atoms with van der Waals surface area (Å²) in [7, 11) is -3.84. The zero-order valence-corrected chi connectivity index (χ0v) is 8.49. The van der Waals surface area contributed by atoms with E-state index in [1.165, 1.54) is 24.3 Å². The van der Waals surface area contributed by atoms with Crippen LogP contribution in [0.3, 0.4) is 0 Å². The van der Waals surface area contributed by atoms with Gasteiger partial charge in [-0.2, -0.15) is 0 Å². The SMILES string of the molecule is Nc1ccc(NS(=O)(=O)CC(=O)O)cc1. The van der Waals surface area contributed by atoms with Gasteiger partial charge >= 0.3 is 5.97 Å². The molecule has 82 valence electrons. The van der Waals surface area contributed by atoms with Crippen LogP contribution in [0.2, 0.25) is 0 Å². The van der Waals surface area contributed by atoms with Gasteiger partial charge in [-0.15, -0.1) is 0 Å². The summed E-state index contributed by atoms with van der Waals surface area (Å²) in [4.78, 5) is 10.2. The van der Waals surface area contributed by atoms with Crippen LogP contribution in [-0.4, -0.2) is 25.2 Å². The molecule has 0 aliphatic rings. The third kappa shape index (κ3) is 3.86. The van der Waals surface area contributed by atoms with Crippen LogP contribution in [0.15, 0.2) is 24.3 Å². The molecule has 0 bridgehead atoms. The molecule has 1 rings (SSSR count). The highest BCUT2D eigenvalue weighted by molar-refractivity contribution is 7.93. The normalized spacial score (nSPS) is 10.9. The Bertz CT molecular complexity index is 452. The average Bonchev–Trinajstić information content (AvgIpc) is 2.06. The van der Waals surface area contributed by atoms with E-state index in [1.54, 1.807) is 0 Å². The molecule has 0 radical (unpaired) electrons. The van der Waals surface area contributed by atoms with Gasteiger partial charge < -0.3 is 10.8 Å². The number of hydrogen-bond donors (Lipinski definition) is 3. The number of benzene rings is 1. The number of nitrogens with two attached hydrogens (primary N) is 1. The molecule has 15 heavy (non-hydrogen) atoms. The van der Waals surface area contributed by atoms with Crippen molar-refractivity contribution in [2.45, 2.75) is 0 Å². The first kappa shape index (κ1) is 11.3. The predicted molar refractivity (Wildman–Crippen MR) is 55.9 cm³/mol. The zero-order valence-electron chi connectivity index (χ0n) is 7.67. The molecule has 0 unspecified atom stereocenters. The lowest BCUT2D eigenvalue weighted by molar-refractivity contribution is -0.134. The van der Waals surface area contributed by atoms with Gasteiger partial charge in [0.05, 0.1) is 0 Å². The largest absolute Gasteiger partial charge is 0.480 e. The van der Waals surface area contributed by atoms with Crippen LogP contribution in [0.4, 0.5) is 11.4 Å². The monoisotopic (exact) mass is 230 g/mol. The van der Waals surface area contributed by atoms with Crippen molar-refractivity contribution in [2.24, 2.45) is 0 Å². The fraction of sp³-hybridized carbons (Fsp3) is 0.125. The molecular formula is C8H10N2O4S. The fourth-order valence-corrected chi connectivity index (χ4v) is 1.82. The number of rotatable bonds is 4. The number of nitrogens with one attached hydrogen (secondary N) is 1. The van der Waals surface area contributed by atoms with Crippen molar-refractivity contribution >= 4 is 27.4 Å². The fourth-order valence-electron chi connectivity index (χ4n) is 0.929. The highest BCUT2D eigenvalue weighted by Crippen LogP contribution is 2.12. The summed E-state index contributed by atoms with van der Waals surface area (Å²) in [5.41, 5.74) is 6.18. The zero-order chi connectivity index (χ0) is 11.5. The average molecular weight is 230 g/mol. The van der Waals surface area contributed by atoms with Gasteiger partial charge in [-0.05, 0) is 24.3 Å². The van der Waals surface area contributed by atoms with Gasteiger partial charge in [-0.25, -0.2) is 8.42 Å². The Balaban J connectivity index is 2.78. The molecule has 1 aromatic carbocycles. The van der Waals surface area contributed by atoms with Crippen LogP contribution in [0, 0.1) is 0 Å². The van der Waals surface area contributed by atoms with Crippen molar-refractivity contribution in [1.29, 1.82) is 0 Å². The highest BCUT2D eigenvalue weighted by atomic mass is 32.2. The Morgan fingerprint density at radius 2 is 1.87 bits per heavy atom. The van der Waals surface area contributed by atoms with Crippen molar-refractivity contribution in [2.75, 3.05) is 16.2 Å². The van der Waals surface area contributed by atoms with E-state index in [0.717, 1.165) is 0 Å². The molecule has 6 nitrogen and oxygen atoms in total. The maximum Gasteiger partial charge on any atom is 0.320 e. The lowest BCUT2D eigenvalue weighted by atomic mass is 10.3. The molecule has 0 aliphatic carbocycles. The van der Waals surface area contributed by atoms with Crippen LogP contribution < -0.4 is 10.5 Å². The summed E-state index contributed by atoms with van der Waals surface area (Å²) in [5, 5.41) is 8.33. The van der Waals surface area contributed by atoms with Crippen molar-refractivity contribution in [3.63, 3.8) is 0 Å². The molecule has 4 N–H and O–H groups in total. The summed E-state index contributed by atoms with van der Waals surface area (Å²) < 4.78 is 24.5.